The molecular formula is C17H14O. The van der Waals surface area contributed by atoms with Gasteiger partial charge in [0.25, 0.3) is 0 Å². The highest BCUT2D eigenvalue weighted by atomic mass is 16.3. The molecule has 0 aromatic heterocycles. The van der Waals surface area contributed by atoms with E-state index in [9.17, 15) is 0 Å². The molecule has 0 atom stereocenters. The third-order valence-corrected chi connectivity index (χ3v) is 2.57. The van der Waals surface area contributed by atoms with Crippen LogP contribution in [-0.2, 0) is 0 Å². The number of rotatable bonds is 2. The highest BCUT2D eigenvalue weighted by Gasteiger charge is 1.95. The maximum absolute atomic E-state index is 8.80. The molecular weight excluding hydrogens is 220 g/mol. The molecule has 0 bridgehead atoms. The largest absolute Gasteiger partial charge is 0.391 e. The van der Waals surface area contributed by atoms with Gasteiger partial charge in [-0.2, -0.15) is 0 Å². The predicted octanol–water partition coefficient (Wildman–Crippen LogP) is 3.25. The Bertz CT molecular complexity index is 583. The SMILES string of the molecule is C=C(C#Cc1ccc(-c2ccccc2)cc1)CO. The molecule has 88 valence electrons. The molecule has 0 unspecified atom stereocenters. The molecule has 0 heterocycles. The number of benzene rings is 2. The second-order valence-electron chi connectivity index (χ2n) is 3.96. The first-order chi connectivity index (χ1) is 8.79. The van der Waals surface area contributed by atoms with Gasteiger partial charge in [-0.25, -0.2) is 0 Å². The van der Waals surface area contributed by atoms with Gasteiger partial charge in [-0.1, -0.05) is 60.9 Å². The summed E-state index contributed by atoms with van der Waals surface area (Å²) in [6.45, 7) is 3.54. The Morgan fingerprint density at radius 3 is 2.17 bits per heavy atom. The minimum absolute atomic E-state index is 0.0882. The second kappa shape index (κ2) is 5.86. The third kappa shape index (κ3) is 3.10. The average molecular weight is 234 g/mol. The fourth-order valence-corrected chi connectivity index (χ4v) is 1.58. The van der Waals surface area contributed by atoms with Crippen LogP contribution in [0.2, 0.25) is 0 Å². The van der Waals surface area contributed by atoms with Crippen LogP contribution >= 0.6 is 0 Å². The highest BCUT2D eigenvalue weighted by molar-refractivity contribution is 5.64. The van der Waals surface area contributed by atoms with Crippen LogP contribution in [0.15, 0.2) is 66.7 Å². The fraction of sp³-hybridized carbons (Fsp3) is 0.0588. The topological polar surface area (TPSA) is 20.2 Å². The Kier molecular flexibility index (Phi) is 3.96. The van der Waals surface area contributed by atoms with Gasteiger partial charge in [-0.15, -0.1) is 0 Å². The van der Waals surface area contributed by atoms with Gasteiger partial charge < -0.3 is 5.11 Å². The van der Waals surface area contributed by atoms with Crippen LogP contribution in [0.1, 0.15) is 5.56 Å². The van der Waals surface area contributed by atoms with E-state index in [4.69, 9.17) is 5.11 Å². The van der Waals surface area contributed by atoms with Crippen molar-refractivity contribution in [3.63, 3.8) is 0 Å². The number of aliphatic hydroxyl groups is 1. The minimum atomic E-state index is -0.0882. The summed E-state index contributed by atoms with van der Waals surface area (Å²) in [6, 6.07) is 18.2. The van der Waals surface area contributed by atoms with Gasteiger partial charge in [0.1, 0.15) is 0 Å². The minimum Gasteiger partial charge on any atom is -0.391 e. The molecule has 2 aromatic carbocycles. The molecule has 0 saturated heterocycles. The summed E-state index contributed by atoms with van der Waals surface area (Å²) < 4.78 is 0. The van der Waals surface area contributed by atoms with Crippen molar-refractivity contribution in [2.24, 2.45) is 0 Å². The van der Waals surface area contributed by atoms with Gasteiger partial charge in [-0.05, 0) is 23.3 Å². The highest BCUT2D eigenvalue weighted by Crippen LogP contribution is 2.18. The van der Waals surface area contributed by atoms with Crippen molar-refractivity contribution in [2.75, 3.05) is 6.61 Å². The van der Waals surface area contributed by atoms with Crippen LogP contribution in [0.25, 0.3) is 11.1 Å². The van der Waals surface area contributed by atoms with Crippen LogP contribution in [0.3, 0.4) is 0 Å². The van der Waals surface area contributed by atoms with Crippen molar-refractivity contribution < 1.29 is 5.11 Å². The van der Waals surface area contributed by atoms with Crippen molar-refractivity contribution >= 4 is 0 Å². The maximum Gasteiger partial charge on any atom is 0.0754 e. The van der Waals surface area contributed by atoms with E-state index >= 15 is 0 Å². The van der Waals surface area contributed by atoms with E-state index in [0.717, 1.165) is 5.56 Å². The second-order valence-corrected chi connectivity index (χ2v) is 3.96. The van der Waals surface area contributed by atoms with Crippen molar-refractivity contribution in [1.29, 1.82) is 0 Å². The molecule has 0 radical (unpaired) electrons. The fourth-order valence-electron chi connectivity index (χ4n) is 1.58. The van der Waals surface area contributed by atoms with E-state index in [0.29, 0.717) is 5.57 Å². The summed E-state index contributed by atoms with van der Waals surface area (Å²) in [6.07, 6.45) is 0. The van der Waals surface area contributed by atoms with E-state index in [1.165, 1.54) is 11.1 Å². The quantitative estimate of drug-likeness (QED) is 0.791. The van der Waals surface area contributed by atoms with Crippen LogP contribution in [0, 0.1) is 11.8 Å². The van der Waals surface area contributed by atoms with Crippen molar-refractivity contribution in [3.8, 4) is 23.0 Å². The van der Waals surface area contributed by atoms with Gasteiger partial charge in [0.15, 0.2) is 0 Å². The van der Waals surface area contributed by atoms with Gasteiger partial charge >= 0.3 is 0 Å². The molecule has 0 fully saturated rings. The van der Waals surface area contributed by atoms with Crippen LogP contribution < -0.4 is 0 Å². The molecule has 2 rings (SSSR count). The lowest BCUT2D eigenvalue weighted by Gasteiger charge is -2.00. The van der Waals surface area contributed by atoms with E-state index < -0.39 is 0 Å². The lowest BCUT2D eigenvalue weighted by Crippen LogP contribution is -1.83. The van der Waals surface area contributed by atoms with Gasteiger partial charge in [0, 0.05) is 11.1 Å². The Hall–Kier alpha value is -2.30. The van der Waals surface area contributed by atoms with Gasteiger partial charge in [0.2, 0.25) is 0 Å². The number of hydrogen-bond acceptors (Lipinski definition) is 1. The molecule has 2 aromatic rings. The maximum atomic E-state index is 8.80. The lowest BCUT2D eigenvalue weighted by molar-refractivity contribution is 0.336. The summed E-state index contributed by atoms with van der Waals surface area (Å²) in [4.78, 5) is 0. The molecule has 18 heavy (non-hydrogen) atoms. The molecule has 0 aliphatic rings. The average Bonchev–Trinajstić information content (AvgIpc) is 2.46. The smallest absolute Gasteiger partial charge is 0.0754 e. The first-order valence-corrected chi connectivity index (χ1v) is 5.76. The molecule has 1 N–H and O–H groups in total. The summed E-state index contributed by atoms with van der Waals surface area (Å²) in [5, 5.41) is 8.80. The van der Waals surface area contributed by atoms with Crippen molar-refractivity contribution in [1.82, 2.24) is 0 Å². The first kappa shape index (κ1) is 12.2. The molecule has 0 amide bonds. The first-order valence-electron chi connectivity index (χ1n) is 5.76. The van der Waals surface area contributed by atoms with Crippen molar-refractivity contribution in [3.05, 3.63) is 72.3 Å². The Morgan fingerprint density at radius 1 is 0.944 bits per heavy atom. The summed E-state index contributed by atoms with van der Waals surface area (Å²) >= 11 is 0. The summed E-state index contributed by atoms with van der Waals surface area (Å²) in [5.74, 6) is 5.78. The zero-order chi connectivity index (χ0) is 12.8. The zero-order valence-corrected chi connectivity index (χ0v) is 10.1. The normalized spacial score (nSPS) is 9.39. The lowest BCUT2D eigenvalue weighted by atomic mass is 10.0. The molecule has 1 nitrogen and oxygen atoms in total. The summed E-state index contributed by atoms with van der Waals surface area (Å²) in [7, 11) is 0. The predicted molar refractivity (Wildman–Crippen MR) is 75.0 cm³/mol. The molecule has 0 saturated carbocycles. The molecule has 0 aliphatic heterocycles. The van der Waals surface area contributed by atoms with E-state index in [-0.39, 0.29) is 6.61 Å². The zero-order valence-electron chi connectivity index (χ0n) is 10.1. The third-order valence-electron chi connectivity index (χ3n) is 2.57. The van der Waals surface area contributed by atoms with Gasteiger partial charge in [-0.3, -0.25) is 0 Å². The molecule has 0 spiro atoms. The van der Waals surface area contributed by atoms with Crippen LogP contribution in [-0.4, -0.2) is 11.7 Å². The number of hydrogen-bond donors (Lipinski definition) is 1. The summed E-state index contributed by atoms with van der Waals surface area (Å²) in [5.41, 5.74) is 3.81. The standard InChI is InChI=1S/C17H14O/c1-14(13-18)7-8-15-9-11-17(12-10-15)16-5-3-2-4-6-16/h2-6,9-12,18H,1,13H2. The van der Waals surface area contributed by atoms with Crippen LogP contribution in [0.4, 0.5) is 0 Å². The Labute approximate surface area is 107 Å². The van der Waals surface area contributed by atoms with E-state index in [1.807, 2.05) is 42.5 Å². The Balaban J connectivity index is 2.20. The van der Waals surface area contributed by atoms with E-state index in [1.54, 1.807) is 0 Å². The number of aliphatic hydroxyl groups excluding tert-OH is 1. The van der Waals surface area contributed by atoms with E-state index in [2.05, 4.69) is 30.6 Å². The monoisotopic (exact) mass is 234 g/mol. The molecule has 0 aliphatic carbocycles. The Morgan fingerprint density at radius 2 is 1.56 bits per heavy atom. The van der Waals surface area contributed by atoms with Crippen molar-refractivity contribution in [2.45, 2.75) is 0 Å². The van der Waals surface area contributed by atoms with Crippen LogP contribution in [0.5, 0.6) is 0 Å². The van der Waals surface area contributed by atoms with Gasteiger partial charge in [0.05, 0.1) is 6.61 Å². The molecule has 1 heteroatoms.